The van der Waals surface area contributed by atoms with Crippen LogP contribution < -0.4 is 10.1 Å². The number of aromatic nitrogens is 1. The lowest BCUT2D eigenvalue weighted by atomic mass is 10.1. The number of ether oxygens (including phenoxy) is 1. The maximum absolute atomic E-state index is 11.4. The summed E-state index contributed by atoms with van der Waals surface area (Å²) in [6.45, 7) is 3.82. The zero-order chi connectivity index (χ0) is 16.9. The minimum absolute atomic E-state index is 0.226. The van der Waals surface area contributed by atoms with E-state index in [9.17, 15) is 4.79 Å². The third-order valence-corrected chi connectivity index (χ3v) is 3.70. The van der Waals surface area contributed by atoms with Crippen molar-refractivity contribution < 1.29 is 9.53 Å². The zero-order valence-electron chi connectivity index (χ0n) is 12.8. The number of hydrogen-bond donors (Lipinski definition) is 1. The highest BCUT2D eigenvalue weighted by Crippen LogP contribution is 2.26. The van der Waals surface area contributed by atoms with Gasteiger partial charge in [-0.25, -0.2) is 4.98 Å². The Balaban J connectivity index is 1.94. The molecule has 5 heteroatoms. The molecule has 3 rings (SSSR count). The summed E-state index contributed by atoms with van der Waals surface area (Å²) < 4.78 is 5.81. The largest absolute Gasteiger partial charge is 0.439 e. The van der Waals surface area contributed by atoms with Crippen molar-refractivity contribution >= 4 is 28.4 Å². The Bertz CT molecular complexity index is 892. The second-order valence-corrected chi connectivity index (χ2v) is 5.55. The molecule has 0 saturated carbocycles. The summed E-state index contributed by atoms with van der Waals surface area (Å²) >= 11 is 5.88. The first kappa shape index (κ1) is 16.0. The molecule has 0 aliphatic heterocycles. The summed E-state index contributed by atoms with van der Waals surface area (Å²) in [7, 11) is 0. The molecule has 0 radical (unpaired) electrons. The van der Waals surface area contributed by atoms with Crippen LogP contribution in [0.5, 0.6) is 11.6 Å². The van der Waals surface area contributed by atoms with Gasteiger partial charge in [0.2, 0.25) is 11.8 Å². The van der Waals surface area contributed by atoms with Gasteiger partial charge in [-0.2, -0.15) is 0 Å². The highest BCUT2D eigenvalue weighted by atomic mass is 35.5. The molecule has 1 aromatic heterocycles. The SMILES string of the molecule is C=CC(=O)NCc1cc(Oc2ccc(Cl)cc2)nc2ccccc12. The van der Waals surface area contributed by atoms with Crippen LogP contribution in [0.15, 0.2) is 67.3 Å². The Labute approximate surface area is 144 Å². The summed E-state index contributed by atoms with van der Waals surface area (Å²) in [5.74, 6) is 0.873. The number of carbonyl (C=O) groups is 1. The molecular formula is C19H15ClN2O2. The van der Waals surface area contributed by atoms with Gasteiger partial charge in [-0.1, -0.05) is 36.4 Å². The maximum Gasteiger partial charge on any atom is 0.243 e. The van der Waals surface area contributed by atoms with E-state index in [0.717, 1.165) is 16.5 Å². The number of amides is 1. The van der Waals surface area contributed by atoms with Gasteiger partial charge in [0.05, 0.1) is 5.52 Å². The van der Waals surface area contributed by atoms with Crippen molar-refractivity contribution in [3.05, 3.63) is 77.8 Å². The van der Waals surface area contributed by atoms with Crippen LogP contribution in [-0.2, 0) is 11.3 Å². The summed E-state index contributed by atoms with van der Waals surface area (Å²) in [5, 5.41) is 4.39. The fourth-order valence-electron chi connectivity index (χ4n) is 2.30. The van der Waals surface area contributed by atoms with E-state index in [-0.39, 0.29) is 5.91 Å². The molecule has 0 saturated heterocycles. The Morgan fingerprint density at radius 2 is 1.96 bits per heavy atom. The van der Waals surface area contributed by atoms with Gasteiger partial charge in [0.15, 0.2) is 0 Å². The lowest BCUT2D eigenvalue weighted by molar-refractivity contribution is -0.116. The number of carbonyl (C=O) groups excluding carboxylic acids is 1. The van der Waals surface area contributed by atoms with E-state index in [1.165, 1.54) is 6.08 Å². The van der Waals surface area contributed by atoms with Crippen LogP contribution in [0.4, 0.5) is 0 Å². The molecule has 4 nitrogen and oxygen atoms in total. The smallest absolute Gasteiger partial charge is 0.243 e. The number of pyridine rings is 1. The predicted octanol–water partition coefficient (Wildman–Crippen LogP) is 4.48. The van der Waals surface area contributed by atoms with Crippen LogP contribution in [0.25, 0.3) is 10.9 Å². The Hall–Kier alpha value is -2.85. The van der Waals surface area contributed by atoms with Crippen LogP contribution in [-0.4, -0.2) is 10.9 Å². The Morgan fingerprint density at radius 1 is 1.21 bits per heavy atom. The highest BCUT2D eigenvalue weighted by Gasteiger charge is 2.08. The zero-order valence-corrected chi connectivity index (χ0v) is 13.6. The van der Waals surface area contributed by atoms with E-state index < -0.39 is 0 Å². The molecular weight excluding hydrogens is 324 g/mol. The topological polar surface area (TPSA) is 51.2 Å². The molecule has 120 valence electrons. The quantitative estimate of drug-likeness (QED) is 0.698. The molecule has 1 heterocycles. The number of nitrogens with one attached hydrogen (secondary N) is 1. The van der Waals surface area contributed by atoms with E-state index in [0.29, 0.717) is 23.2 Å². The van der Waals surface area contributed by atoms with E-state index in [2.05, 4.69) is 16.9 Å². The first-order valence-corrected chi connectivity index (χ1v) is 7.76. The average molecular weight is 339 g/mol. The Kier molecular flexibility index (Phi) is 4.77. The van der Waals surface area contributed by atoms with Gasteiger partial charge in [0.1, 0.15) is 5.75 Å². The molecule has 24 heavy (non-hydrogen) atoms. The van der Waals surface area contributed by atoms with Crippen LogP contribution in [0.3, 0.4) is 0 Å². The number of halogens is 1. The number of rotatable bonds is 5. The fraction of sp³-hybridized carbons (Fsp3) is 0.0526. The maximum atomic E-state index is 11.4. The number of fused-ring (bicyclic) bond motifs is 1. The number of para-hydroxylation sites is 1. The lowest BCUT2D eigenvalue weighted by Crippen LogP contribution is -2.20. The molecule has 0 bridgehead atoms. The van der Waals surface area contributed by atoms with E-state index >= 15 is 0 Å². The van der Waals surface area contributed by atoms with Crippen molar-refractivity contribution in [1.82, 2.24) is 10.3 Å². The van der Waals surface area contributed by atoms with Gasteiger partial charge in [-0.05, 0) is 42.0 Å². The van der Waals surface area contributed by atoms with Crippen molar-refractivity contribution in [1.29, 1.82) is 0 Å². The first-order chi connectivity index (χ1) is 11.7. The predicted molar refractivity (Wildman–Crippen MR) is 95.3 cm³/mol. The molecule has 0 atom stereocenters. The van der Waals surface area contributed by atoms with Gasteiger partial charge >= 0.3 is 0 Å². The standard InChI is InChI=1S/C19H15ClN2O2/c1-2-18(23)21-12-13-11-19(22-17-6-4-3-5-16(13)17)24-15-9-7-14(20)8-10-15/h2-11H,1,12H2,(H,21,23). The molecule has 1 amide bonds. The van der Waals surface area contributed by atoms with Crippen molar-refractivity contribution in [2.45, 2.75) is 6.54 Å². The van der Waals surface area contributed by atoms with Crippen LogP contribution in [0.2, 0.25) is 5.02 Å². The monoisotopic (exact) mass is 338 g/mol. The van der Waals surface area contributed by atoms with Crippen LogP contribution in [0, 0.1) is 0 Å². The first-order valence-electron chi connectivity index (χ1n) is 7.38. The van der Waals surface area contributed by atoms with Gasteiger partial charge in [-0.15, -0.1) is 0 Å². The van der Waals surface area contributed by atoms with E-state index in [1.54, 1.807) is 24.3 Å². The summed E-state index contributed by atoms with van der Waals surface area (Å²) in [5.41, 5.74) is 1.71. The van der Waals surface area contributed by atoms with Gasteiger partial charge in [-0.3, -0.25) is 4.79 Å². The van der Waals surface area contributed by atoms with Gasteiger partial charge < -0.3 is 10.1 Å². The molecule has 1 N–H and O–H groups in total. The number of benzene rings is 2. The second kappa shape index (κ2) is 7.15. The van der Waals surface area contributed by atoms with E-state index in [4.69, 9.17) is 16.3 Å². The lowest BCUT2D eigenvalue weighted by Gasteiger charge is -2.11. The minimum Gasteiger partial charge on any atom is -0.439 e. The van der Waals surface area contributed by atoms with E-state index in [1.807, 2.05) is 30.3 Å². The average Bonchev–Trinajstić information content (AvgIpc) is 2.61. The molecule has 0 spiro atoms. The molecule has 2 aromatic carbocycles. The minimum atomic E-state index is -0.226. The Morgan fingerprint density at radius 3 is 2.71 bits per heavy atom. The molecule has 0 aliphatic carbocycles. The summed E-state index contributed by atoms with van der Waals surface area (Å²) in [6, 6.07) is 16.6. The third-order valence-electron chi connectivity index (χ3n) is 3.45. The van der Waals surface area contributed by atoms with Crippen LogP contribution in [0.1, 0.15) is 5.56 Å². The number of hydrogen-bond acceptors (Lipinski definition) is 3. The third kappa shape index (κ3) is 3.73. The van der Waals surface area contributed by atoms with Crippen molar-refractivity contribution in [3.8, 4) is 11.6 Å². The molecule has 0 aliphatic rings. The number of nitrogens with zero attached hydrogens (tertiary/aromatic N) is 1. The van der Waals surface area contributed by atoms with Crippen molar-refractivity contribution in [2.24, 2.45) is 0 Å². The van der Waals surface area contributed by atoms with Crippen LogP contribution >= 0.6 is 11.6 Å². The van der Waals surface area contributed by atoms with Crippen molar-refractivity contribution in [2.75, 3.05) is 0 Å². The molecule has 3 aromatic rings. The second-order valence-electron chi connectivity index (χ2n) is 5.11. The van der Waals surface area contributed by atoms with Gasteiger partial charge in [0.25, 0.3) is 0 Å². The molecule has 0 fully saturated rings. The van der Waals surface area contributed by atoms with Crippen molar-refractivity contribution in [3.63, 3.8) is 0 Å². The highest BCUT2D eigenvalue weighted by molar-refractivity contribution is 6.30. The fourth-order valence-corrected chi connectivity index (χ4v) is 2.42. The normalized spacial score (nSPS) is 10.4. The summed E-state index contributed by atoms with van der Waals surface area (Å²) in [4.78, 5) is 16.0. The van der Waals surface area contributed by atoms with Gasteiger partial charge in [0, 0.05) is 23.0 Å². The summed E-state index contributed by atoms with van der Waals surface area (Å²) in [6.07, 6.45) is 1.24. The molecule has 0 unspecified atom stereocenters.